The first-order chi connectivity index (χ1) is 7.72. The zero-order valence-corrected chi connectivity index (χ0v) is 8.77. The van der Waals surface area contributed by atoms with E-state index in [1.807, 2.05) is 6.07 Å². The van der Waals surface area contributed by atoms with E-state index in [0.717, 1.165) is 5.39 Å². The molecule has 16 heavy (non-hydrogen) atoms. The summed E-state index contributed by atoms with van der Waals surface area (Å²) in [6.07, 6.45) is 1.09. The van der Waals surface area contributed by atoms with Gasteiger partial charge in [0, 0.05) is 11.9 Å². The second-order valence-corrected chi connectivity index (χ2v) is 3.57. The molecule has 1 aromatic carbocycles. The zero-order valence-electron chi connectivity index (χ0n) is 8.77. The molecule has 0 aliphatic rings. The van der Waals surface area contributed by atoms with Gasteiger partial charge in [0.25, 0.3) is 0 Å². The number of nitriles is 1. The zero-order chi connectivity index (χ0) is 11.5. The van der Waals surface area contributed by atoms with Crippen LogP contribution in [-0.2, 0) is 0 Å². The maximum absolute atomic E-state index is 9.17. The van der Waals surface area contributed by atoms with Gasteiger partial charge in [0.1, 0.15) is 11.6 Å². The minimum atomic E-state index is -0.475. The highest BCUT2D eigenvalue weighted by Crippen LogP contribution is 2.25. The van der Waals surface area contributed by atoms with Crippen molar-refractivity contribution in [2.45, 2.75) is 13.0 Å². The molecule has 0 aliphatic heterocycles. The van der Waals surface area contributed by atoms with Crippen LogP contribution in [0, 0.1) is 11.3 Å². The number of rotatable bonds is 3. The van der Waals surface area contributed by atoms with Gasteiger partial charge in [-0.1, -0.05) is 5.16 Å². The van der Waals surface area contributed by atoms with Gasteiger partial charge in [0.2, 0.25) is 0 Å². The molecule has 5 heteroatoms. The third kappa shape index (κ3) is 1.83. The predicted molar refractivity (Wildman–Crippen MR) is 58.9 cm³/mol. The van der Waals surface area contributed by atoms with E-state index in [0.29, 0.717) is 23.4 Å². The Kier molecular flexibility index (Phi) is 2.75. The van der Waals surface area contributed by atoms with Crippen LogP contribution in [0.4, 0.5) is 5.69 Å². The summed E-state index contributed by atoms with van der Waals surface area (Å²) in [4.78, 5) is 0. The van der Waals surface area contributed by atoms with E-state index < -0.39 is 6.10 Å². The van der Waals surface area contributed by atoms with Gasteiger partial charge < -0.3 is 14.9 Å². The van der Waals surface area contributed by atoms with E-state index in [-0.39, 0.29) is 0 Å². The lowest BCUT2D eigenvalue weighted by atomic mass is 10.1. The molecule has 2 rings (SSSR count). The normalized spacial score (nSPS) is 12.3. The van der Waals surface area contributed by atoms with Crippen molar-refractivity contribution >= 4 is 16.7 Å². The Morgan fingerprint density at radius 3 is 3.12 bits per heavy atom. The SMILES string of the molecule is C[C@@H](O)CNc1ccc2cnoc2c1C#N. The van der Waals surface area contributed by atoms with E-state index in [4.69, 9.17) is 14.9 Å². The molecule has 1 heterocycles. The lowest BCUT2D eigenvalue weighted by Gasteiger charge is -2.09. The average molecular weight is 217 g/mol. The second-order valence-electron chi connectivity index (χ2n) is 3.57. The number of aliphatic hydroxyl groups excluding tert-OH is 1. The number of hydrogen-bond acceptors (Lipinski definition) is 5. The summed E-state index contributed by atoms with van der Waals surface area (Å²) in [6, 6.07) is 5.67. The Hall–Kier alpha value is -2.06. The van der Waals surface area contributed by atoms with Crippen molar-refractivity contribution < 1.29 is 9.63 Å². The Morgan fingerprint density at radius 2 is 2.44 bits per heavy atom. The molecule has 0 saturated carbocycles. The number of nitrogens with zero attached hydrogens (tertiary/aromatic N) is 2. The van der Waals surface area contributed by atoms with Gasteiger partial charge in [0.05, 0.1) is 18.0 Å². The van der Waals surface area contributed by atoms with Crippen LogP contribution in [0.1, 0.15) is 12.5 Å². The molecular formula is C11H11N3O2. The maximum atomic E-state index is 9.17. The molecule has 1 atom stereocenters. The number of benzene rings is 1. The number of nitrogens with one attached hydrogen (secondary N) is 1. The molecular weight excluding hydrogens is 206 g/mol. The summed E-state index contributed by atoms with van der Waals surface area (Å²) in [5.41, 5.74) is 1.53. The van der Waals surface area contributed by atoms with Gasteiger partial charge in [0.15, 0.2) is 5.58 Å². The van der Waals surface area contributed by atoms with E-state index in [1.54, 1.807) is 19.2 Å². The summed E-state index contributed by atoms with van der Waals surface area (Å²) in [7, 11) is 0. The molecule has 0 saturated heterocycles. The summed E-state index contributed by atoms with van der Waals surface area (Å²) in [5.74, 6) is 0. The van der Waals surface area contributed by atoms with Crippen molar-refractivity contribution in [1.82, 2.24) is 5.16 Å². The molecule has 2 aromatic rings. The highest BCUT2D eigenvalue weighted by molar-refractivity contribution is 5.87. The first kappa shape index (κ1) is 10.5. The van der Waals surface area contributed by atoms with E-state index >= 15 is 0 Å². The molecule has 0 unspecified atom stereocenters. The lowest BCUT2D eigenvalue weighted by Crippen LogP contribution is -2.15. The van der Waals surface area contributed by atoms with Gasteiger partial charge in [-0.2, -0.15) is 5.26 Å². The van der Waals surface area contributed by atoms with E-state index in [9.17, 15) is 0 Å². The first-order valence-electron chi connectivity index (χ1n) is 4.92. The molecule has 0 fully saturated rings. The first-order valence-corrected chi connectivity index (χ1v) is 4.92. The molecule has 82 valence electrons. The van der Waals surface area contributed by atoms with Crippen LogP contribution in [0.15, 0.2) is 22.9 Å². The Morgan fingerprint density at radius 1 is 1.62 bits per heavy atom. The van der Waals surface area contributed by atoms with Gasteiger partial charge in [-0.25, -0.2) is 0 Å². The average Bonchev–Trinajstić information content (AvgIpc) is 2.73. The van der Waals surface area contributed by atoms with Crippen LogP contribution < -0.4 is 5.32 Å². The number of hydrogen-bond donors (Lipinski definition) is 2. The number of aromatic nitrogens is 1. The molecule has 0 amide bonds. The number of aliphatic hydroxyl groups is 1. The van der Waals surface area contributed by atoms with Crippen molar-refractivity contribution in [3.63, 3.8) is 0 Å². The fourth-order valence-corrected chi connectivity index (χ4v) is 1.45. The standard InChI is InChI=1S/C11H11N3O2/c1-7(15)5-13-10-3-2-8-6-14-16-11(8)9(10)4-12/h2-3,6-7,13,15H,5H2,1H3/t7-/m1/s1. The quantitative estimate of drug-likeness (QED) is 0.813. The summed E-state index contributed by atoms with van der Waals surface area (Å²) < 4.78 is 5.01. The van der Waals surface area contributed by atoms with Crippen LogP contribution in [0.5, 0.6) is 0 Å². The van der Waals surface area contributed by atoms with Crippen LogP contribution in [0.3, 0.4) is 0 Å². The summed E-state index contributed by atoms with van der Waals surface area (Å²) in [5, 5.41) is 25.6. The second kappa shape index (κ2) is 4.21. The van der Waals surface area contributed by atoms with Crippen molar-refractivity contribution in [2.75, 3.05) is 11.9 Å². The molecule has 0 spiro atoms. The fraction of sp³-hybridized carbons (Fsp3) is 0.273. The summed E-state index contributed by atoms with van der Waals surface area (Å²) in [6.45, 7) is 2.06. The molecule has 0 aliphatic carbocycles. The van der Waals surface area contributed by atoms with Gasteiger partial charge in [-0.3, -0.25) is 0 Å². The smallest absolute Gasteiger partial charge is 0.186 e. The predicted octanol–water partition coefficient (Wildman–Crippen LogP) is 1.49. The third-order valence-electron chi connectivity index (χ3n) is 2.22. The number of anilines is 1. The van der Waals surface area contributed by atoms with Gasteiger partial charge >= 0.3 is 0 Å². The van der Waals surface area contributed by atoms with Crippen molar-refractivity contribution in [1.29, 1.82) is 5.26 Å². The van der Waals surface area contributed by atoms with Gasteiger partial charge in [-0.15, -0.1) is 0 Å². The molecule has 5 nitrogen and oxygen atoms in total. The largest absolute Gasteiger partial charge is 0.392 e. The minimum Gasteiger partial charge on any atom is -0.392 e. The molecule has 0 radical (unpaired) electrons. The van der Waals surface area contributed by atoms with Crippen molar-refractivity contribution in [3.05, 3.63) is 23.9 Å². The van der Waals surface area contributed by atoms with Crippen molar-refractivity contribution in [2.24, 2.45) is 0 Å². The Balaban J connectivity index is 2.41. The molecule has 0 bridgehead atoms. The van der Waals surface area contributed by atoms with Crippen LogP contribution in [0.25, 0.3) is 11.0 Å². The van der Waals surface area contributed by atoms with Gasteiger partial charge in [-0.05, 0) is 19.1 Å². The monoisotopic (exact) mass is 217 g/mol. The minimum absolute atomic E-state index is 0.383. The third-order valence-corrected chi connectivity index (χ3v) is 2.22. The summed E-state index contributed by atoms with van der Waals surface area (Å²) >= 11 is 0. The van der Waals surface area contributed by atoms with Crippen LogP contribution >= 0.6 is 0 Å². The fourth-order valence-electron chi connectivity index (χ4n) is 1.45. The lowest BCUT2D eigenvalue weighted by molar-refractivity contribution is 0.208. The number of fused-ring (bicyclic) bond motifs is 1. The highest BCUT2D eigenvalue weighted by Gasteiger charge is 2.11. The molecule has 1 aromatic heterocycles. The van der Waals surface area contributed by atoms with E-state index in [2.05, 4.69) is 16.5 Å². The van der Waals surface area contributed by atoms with Crippen molar-refractivity contribution in [3.8, 4) is 6.07 Å². The Labute approximate surface area is 92.3 Å². The highest BCUT2D eigenvalue weighted by atomic mass is 16.5. The Bertz CT molecular complexity index is 540. The maximum Gasteiger partial charge on any atom is 0.186 e. The molecule has 2 N–H and O–H groups in total. The topological polar surface area (TPSA) is 82.1 Å². The van der Waals surface area contributed by atoms with E-state index in [1.165, 1.54) is 0 Å². The van der Waals surface area contributed by atoms with Crippen LogP contribution in [-0.4, -0.2) is 22.9 Å². The van der Waals surface area contributed by atoms with Crippen LogP contribution in [0.2, 0.25) is 0 Å².